The summed E-state index contributed by atoms with van der Waals surface area (Å²) in [6, 6.07) is 3.47. The zero-order valence-corrected chi connectivity index (χ0v) is 8.80. The van der Waals surface area contributed by atoms with Crippen LogP contribution in [0.5, 0.6) is 5.75 Å². The molecule has 0 aromatic heterocycles. The molecule has 2 heteroatoms. The van der Waals surface area contributed by atoms with E-state index in [2.05, 4.69) is 6.92 Å². The van der Waals surface area contributed by atoms with E-state index in [9.17, 15) is 4.39 Å². The van der Waals surface area contributed by atoms with E-state index in [0.29, 0.717) is 12.5 Å². The Hall–Kier alpha value is -1.05. The highest BCUT2D eigenvalue weighted by molar-refractivity contribution is 5.43. The third kappa shape index (κ3) is 1.39. The van der Waals surface area contributed by atoms with Gasteiger partial charge in [-0.05, 0) is 17.5 Å². The molecular formula is C12H15FO. The first kappa shape index (κ1) is 9.50. The number of fused-ring (bicyclic) bond motifs is 1. The fourth-order valence-electron chi connectivity index (χ4n) is 1.85. The van der Waals surface area contributed by atoms with Crippen molar-refractivity contribution in [1.82, 2.24) is 0 Å². The number of rotatable bonds is 1. The Morgan fingerprint density at radius 2 is 2.14 bits per heavy atom. The van der Waals surface area contributed by atoms with Gasteiger partial charge in [0.15, 0.2) is 0 Å². The second-order valence-electron chi connectivity index (χ2n) is 4.28. The lowest BCUT2D eigenvalue weighted by molar-refractivity contribution is 0.336. The largest absolute Gasteiger partial charge is 0.493 e. The van der Waals surface area contributed by atoms with Gasteiger partial charge in [0.1, 0.15) is 11.6 Å². The van der Waals surface area contributed by atoms with Gasteiger partial charge in [0.05, 0.1) is 6.61 Å². The molecule has 1 aliphatic rings. The average molecular weight is 194 g/mol. The second kappa shape index (κ2) is 3.26. The highest BCUT2D eigenvalue weighted by atomic mass is 19.1. The van der Waals surface area contributed by atoms with E-state index < -0.39 is 0 Å². The first-order valence-corrected chi connectivity index (χ1v) is 5.05. The van der Waals surface area contributed by atoms with E-state index in [1.165, 1.54) is 6.07 Å². The van der Waals surface area contributed by atoms with Gasteiger partial charge in [0.25, 0.3) is 0 Å². The summed E-state index contributed by atoms with van der Waals surface area (Å²) >= 11 is 0. The predicted molar refractivity (Wildman–Crippen MR) is 54.4 cm³/mol. The molecule has 0 aliphatic carbocycles. The van der Waals surface area contributed by atoms with E-state index in [1.54, 1.807) is 0 Å². The molecule has 1 nitrogen and oxygen atoms in total. The van der Waals surface area contributed by atoms with Gasteiger partial charge in [0.2, 0.25) is 0 Å². The third-order valence-electron chi connectivity index (χ3n) is 2.77. The van der Waals surface area contributed by atoms with E-state index >= 15 is 0 Å². The Morgan fingerprint density at radius 3 is 2.79 bits per heavy atom. The van der Waals surface area contributed by atoms with Gasteiger partial charge in [-0.2, -0.15) is 0 Å². The zero-order chi connectivity index (χ0) is 10.3. The molecule has 2 rings (SSSR count). The van der Waals surface area contributed by atoms with Gasteiger partial charge in [-0.25, -0.2) is 4.39 Å². The molecule has 0 spiro atoms. The quantitative estimate of drug-likeness (QED) is 0.665. The molecule has 0 saturated carbocycles. The summed E-state index contributed by atoms with van der Waals surface area (Å²) in [5.41, 5.74) is 1.94. The van der Waals surface area contributed by atoms with Crippen LogP contribution in [0.1, 0.15) is 43.7 Å². The SMILES string of the molecule is CC(C)c1cc2c(cc1F)OCC2C. The van der Waals surface area contributed by atoms with Crippen LogP contribution in [0.3, 0.4) is 0 Å². The molecular weight excluding hydrogens is 179 g/mol. The van der Waals surface area contributed by atoms with Crippen LogP contribution in [0.15, 0.2) is 12.1 Å². The standard InChI is InChI=1S/C12H15FO/c1-7(2)9-4-10-8(3)6-14-12(10)5-11(9)13/h4-5,7-8H,6H2,1-3H3. The molecule has 14 heavy (non-hydrogen) atoms. The first-order chi connectivity index (χ1) is 6.59. The van der Waals surface area contributed by atoms with Crippen molar-refractivity contribution in [3.63, 3.8) is 0 Å². The van der Waals surface area contributed by atoms with Gasteiger partial charge in [-0.3, -0.25) is 0 Å². The van der Waals surface area contributed by atoms with Crippen LogP contribution in [-0.4, -0.2) is 6.61 Å². The van der Waals surface area contributed by atoms with E-state index in [-0.39, 0.29) is 11.7 Å². The minimum Gasteiger partial charge on any atom is -0.493 e. The number of hydrogen-bond acceptors (Lipinski definition) is 1. The Labute approximate surface area is 83.9 Å². The molecule has 1 unspecified atom stereocenters. The smallest absolute Gasteiger partial charge is 0.130 e. The average Bonchev–Trinajstić information content (AvgIpc) is 2.46. The lowest BCUT2D eigenvalue weighted by atomic mass is 9.95. The van der Waals surface area contributed by atoms with Crippen molar-refractivity contribution < 1.29 is 9.13 Å². The maximum atomic E-state index is 13.5. The van der Waals surface area contributed by atoms with E-state index in [1.807, 2.05) is 19.9 Å². The normalized spacial score (nSPS) is 19.6. The van der Waals surface area contributed by atoms with Gasteiger partial charge < -0.3 is 4.74 Å². The van der Waals surface area contributed by atoms with Crippen molar-refractivity contribution in [2.24, 2.45) is 0 Å². The molecule has 1 aliphatic heterocycles. The van der Waals surface area contributed by atoms with Crippen molar-refractivity contribution in [3.8, 4) is 5.75 Å². The molecule has 0 fully saturated rings. The summed E-state index contributed by atoms with van der Waals surface area (Å²) in [6.45, 7) is 6.79. The maximum absolute atomic E-state index is 13.5. The van der Waals surface area contributed by atoms with Crippen molar-refractivity contribution in [3.05, 3.63) is 29.1 Å². The summed E-state index contributed by atoms with van der Waals surface area (Å²) in [5.74, 6) is 1.20. The molecule has 0 saturated heterocycles. The molecule has 0 bridgehead atoms. The van der Waals surface area contributed by atoms with Gasteiger partial charge in [-0.15, -0.1) is 0 Å². The Bertz CT molecular complexity index is 357. The van der Waals surface area contributed by atoms with Crippen molar-refractivity contribution in [2.75, 3.05) is 6.61 Å². The van der Waals surface area contributed by atoms with Crippen molar-refractivity contribution in [2.45, 2.75) is 32.6 Å². The summed E-state index contributed by atoms with van der Waals surface area (Å²) < 4.78 is 18.9. The monoisotopic (exact) mass is 194 g/mol. The van der Waals surface area contributed by atoms with Crippen LogP contribution in [-0.2, 0) is 0 Å². The molecule has 76 valence electrons. The third-order valence-corrected chi connectivity index (χ3v) is 2.77. The van der Waals surface area contributed by atoms with Crippen molar-refractivity contribution >= 4 is 0 Å². The Balaban J connectivity index is 2.51. The Kier molecular flexibility index (Phi) is 2.22. The van der Waals surface area contributed by atoms with Gasteiger partial charge in [-0.1, -0.05) is 20.8 Å². The van der Waals surface area contributed by atoms with Crippen LogP contribution >= 0.6 is 0 Å². The second-order valence-corrected chi connectivity index (χ2v) is 4.28. The first-order valence-electron chi connectivity index (χ1n) is 5.05. The summed E-state index contributed by atoms with van der Waals surface area (Å²) in [4.78, 5) is 0. The highest BCUT2D eigenvalue weighted by Crippen LogP contribution is 2.36. The lowest BCUT2D eigenvalue weighted by Gasteiger charge is -2.10. The topological polar surface area (TPSA) is 9.23 Å². The van der Waals surface area contributed by atoms with Crippen LogP contribution in [0.4, 0.5) is 4.39 Å². The maximum Gasteiger partial charge on any atom is 0.130 e. The minimum absolute atomic E-state index is 0.146. The number of halogens is 1. The summed E-state index contributed by atoms with van der Waals surface area (Å²) in [6.07, 6.45) is 0. The van der Waals surface area contributed by atoms with Crippen LogP contribution in [0.2, 0.25) is 0 Å². The molecule has 1 heterocycles. The van der Waals surface area contributed by atoms with Gasteiger partial charge >= 0.3 is 0 Å². The van der Waals surface area contributed by atoms with Crippen molar-refractivity contribution in [1.29, 1.82) is 0 Å². The molecule has 0 N–H and O–H groups in total. The molecule has 1 atom stereocenters. The number of ether oxygens (including phenoxy) is 1. The number of hydrogen-bond donors (Lipinski definition) is 0. The molecule has 0 radical (unpaired) electrons. The fraction of sp³-hybridized carbons (Fsp3) is 0.500. The zero-order valence-electron chi connectivity index (χ0n) is 8.80. The Morgan fingerprint density at radius 1 is 1.43 bits per heavy atom. The van der Waals surface area contributed by atoms with E-state index in [0.717, 1.165) is 16.9 Å². The van der Waals surface area contributed by atoms with Crippen LogP contribution in [0.25, 0.3) is 0 Å². The van der Waals surface area contributed by atoms with Crippen LogP contribution < -0.4 is 4.74 Å². The fourth-order valence-corrected chi connectivity index (χ4v) is 1.85. The summed E-state index contributed by atoms with van der Waals surface area (Å²) in [7, 11) is 0. The number of benzene rings is 1. The van der Waals surface area contributed by atoms with E-state index in [4.69, 9.17) is 4.74 Å². The van der Waals surface area contributed by atoms with Crippen LogP contribution in [0, 0.1) is 5.82 Å². The lowest BCUT2D eigenvalue weighted by Crippen LogP contribution is -1.96. The molecule has 0 amide bonds. The molecule has 1 aromatic rings. The highest BCUT2D eigenvalue weighted by Gasteiger charge is 2.23. The summed E-state index contributed by atoms with van der Waals surface area (Å²) in [5, 5.41) is 0. The predicted octanol–water partition coefficient (Wildman–Crippen LogP) is 3.45. The molecule has 1 aromatic carbocycles. The van der Waals surface area contributed by atoms with Gasteiger partial charge in [0, 0.05) is 17.5 Å². The minimum atomic E-state index is -0.146.